The lowest BCUT2D eigenvalue weighted by Gasteiger charge is -2.42. The molecule has 5 atom stereocenters. The first-order valence-corrected chi connectivity index (χ1v) is 7.10. The predicted octanol–water partition coefficient (Wildman–Crippen LogP) is -0.938. The Morgan fingerprint density at radius 3 is 1.71 bits per heavy atom. The van der Waals surface area contributed by atoms with Gasteiger partial charge in [-0.05, 0) is 0 Å². The fourth-order valence-electron chi connectivity index (χ4n) is 2.21. The number of aliphatic hydroxyl groups is 1. The molecule has 1 saturated heterocycles. The normalized spacial score (nSPS) is 29.3. The van der Waals surface area contributed by atoms with Gasteiger partial charge in [-0.1, -0.05) is 0 Å². The van der Waals surface area contributed by atoms with Crippen molar-refractivity contribution in [3.63, 3.8) is 0 Å². The van der Waals surface area contributed by atoms with E-state index < -0.39 is 54.6 Å². The fourth-order valence-corrected chi connectivity index (χ4v) is 2.21. The molecule has 0 amide bonds. The third kappa shape index (κ3) is 5.78. The minimum absolute atomic E-state index is 0.366. The van der Waals surface area contributed by atoms with Gasteiger partial charge >= 0.3 is 23.9 Å². The highest BCUT2D eigenvalue weighted by molar-refractivity contribution is 5.68. The quantitative estimate of drug-likeness (QED) is 0.490. The van der Waals surface area contributed by atoms with E-state index in [-0.39, 0.29) is 6.61 Å². The Kier molecular flexibility index (Phi) is 7.11. The zero-order valence-corrected chi connectivity index (χ0v) is 13.7. The van der Waals surface area contributed by atoms with Crippen LogP contribution in [0, 0.1) is 0 Å². The molecule has 0 bridgehead atoms. The van der Waals surface area contributed by atoms with Crippen LogP contribution in [0.2, 0.25) is 0 Å². The summed E-state index contributed by atoms with van der Waals surface area (Å²) in [5.74, 6) is -2.87. The van der Waals surface area contributed by atoms with E-state index in [9.17, 15) is 24.3 Å². The van der Waals surface area contributed by atoms with Crippen LogP contribution in [0.25, 0.3) is 0 Å². The number of hydrogen-bond donors (Lipinski definition) is 1. The van der Waals surface area contributed by atoms with Gasteiger partial charge in [0.05, 0.1) is 0 Å². The van der Waals surface area contributed by atoms with Gasteiger partial charge in [0, 0.05) is 27.7 Å². The van der Waals surface area contributed by atoms with Crippen LogP contribution < -0.4 is 0 Å². The standard InChI is InChI=1S/C14H20O10/c1-6(15)20-5-10-11(21-7(2)16)12(22-8(3)17)13(14(19)24-10)23-9(4)18/h10-14,19H,5H2,1-4H3/t10-,11+,12-,13+,14+/m1/s1. The molecule has 0 spiro atoms. The van der Waals surface area contributed by atoms with Crippen LogP contribution in [0.4, 0.5) is 0 Å². The molecule has 10 nitrogen and oxygen atoms in total. The van der Waals surface area contributed by atoms with Crippen molar-refractivity contribution in [2.75, 3.05) is 6.61 Å². The zero-order valence-electron chi connectivity index (χ0n) is 13.7. The second kappa shape index (κ2) is 8.60. The van der Waals surface area contributed by atoms with E-state index in [2.05, 4.69) is 0 Å². The molecule has 1 aliphatic heterocycles. The Hall–Kier alpha value is -2.20. The van der Waals surface area contributed by atoms with Crippen LogP contribution >= 0.6 is 0 Å². The molecule has 1 heterocycles. The Morgan fingerprint density at radius 1 is 0.792 bits per heavy atom. The lowest BCUT2D eigenvalue weighted by molar-refractivity contribution is -0.296. The van der Waals surface area contributed by atoms with Crippen molar-refractivity contribution in [3.8, 4) is 0 Å². The lowest BCUT2D eigenvalue weighted by atomic mass is 9.98. The SMILES string of the molecule is CC(=O)OC[C@H]1O[C@H](O)[C@@H](OC(C)=O)[C@H](OC(C)=O)[C@H]1OC(C)=O. The molecule has 0 radical (unpaired) electrons. The number of esters is 4. The van der Waals surface area contributed by atoms with Gasteiger partial charge in [-0.15, -0.1) is 0 Å². The van der Waals surface area contributed by atoms with Crippen molar-refractivity contribution in [3.05, 3.63) is 0 Å². The van der Waals surface area contributed by atoms with Gasteiger partial charge in [0.1, 0.15) is 12.7 Å². The van der Waals surface area contributed by atoms with Gasteiger partial charge < -0.3 is 28.8 Å². The summed E-state index contributed by atoms with van der Waals surface area (Å²) in [7, 11) is 0. The zero-order chi connectivity index (χ0) is 18.4. The molecule has 10 heteroatoms. The predicted molar refractivity (Wildman–Crippen MR) is 74.2 cm³/mol. The number of rotatable bonds is 5. The molecule has 0 aliphatic carbocycles. The highest BCUT2D eigenvalue weighted by Gasteiger charge is 2.51. The summed E-state index contributed by atoms with van der Waals surface area (Å²) in [6.45, 7) is 4.09. The molecule has 1 aliphatic rings. The van der Waals surface area contributed by atoms with Gasteiger partial charge in [-0.25, -0.2) is 0 Å². The summed E-state index contributed by atoms with van der Waals surface area (Å²) >= 11 is 0. The van der Waals surface area contributed by atoms with Crippen LogP contribution in [0.15, 0.2) is 0 Å². The van der Waals surface area contributed by atoms with Crippen LogP contribution in [0.1, 0.15) is 27.7 Å². The molecule has 1 rings (SSSR count). The summed E-state index contributed by atoms with van der Waals surface area (Å²) in [5.41, 5.74) is 0. The van der Waals surface area contributed by atoms with Gasteiger partial charge in [0.15, 0.2) is 24.6 Å². The minimum Gasteiger partial charge on any atom is -0.463 e. The number of aliphatic hydroxyl groups excluding tert-OH is 1. The van der Waals surface area contributed by atoms with Gasteiger partial charge in [0.25, 0.3) is 0 Å². The Morgan fingerprint density at radius 2 is 1.25 bits per heavy atom. The van der Waals surface area contributed by atoms with Crippen LogP contribution in [-0.2, 0) is 42.9 Å². The highest BCUT2D eigenvalue weighted by Crippen LogP contribution is 2.28. The van der Waals surface area contributed by atoms with Gasteiger partial charge in [-0.2, -0.15) is 0 Å². The Labute approximate surface area is 137 Å². The van der Waals surface area contributed by atoms with E-state index in [0.717, 1.165) is 27.7 Å². The van der Waals surface area contributed by atoms with Crippen molar-refractivity contribution in [1.29, 1.82) is 0 Å². The summed E-state index contributed by atoms with van der Waals surface area (Å²) in [5, 5.41) is 10.0. The van der Waals surface area contributed by atoms with E-state index >= 15 is 0 Å². The average molecular weight is 348 g/mol. The largest absolute Gasteiger partial charge is 0.463 e. The average Bonchev–Trinajstić information content (AvgIpc) is 2.42. The molecule has 0 aromatic heterocycles. The first-order chi connectivity index (χ1) is 11.1. The molecule has 0 unspecified atom stereocenters. The molecular formula is C14H20O10. The van der Waals surface area contributed by atoms with Crippen LogP contribution in [-0.4, -0.2) is 66.3 Å². The third-order valence-corrected chi connectivity index (χ3v) is 2.97. The summed E-state index contributed by atoms with van der Waals surface area (Å²) in [6.07, 6.45) is -6.79. The van der Waals surface area contributed by atoms with E-state index in [1.807, 2.05) is 0 Å². The van der Waals surface area contributed by atoms with Crippen molar-refractivity contribution in [2.24, 2.45) is 0 Å². The molecule has 24 heavy (non-hydrogen) atoms. The van der Waals surface area contributed by atoms with Crippen molar-refractivity contribution in [1.82, 2.24) is 0 Å². The van der Waals surface area contributed by atoms with Crippen LogP contribution in [0.5, 0.6) is 0 Å². The van der Waals surface area contributed by atoms with E-state index in [1.54, 1.807) is 0 Å². The molecule has 0 aromatic rings. The van der Waals surface area contributed by atoms with Crippen LogP contribution in [0.3, 0.4) is 0 Å². The van der Waals surface area contributed by atoms with E-state index in [4.69, 9.17) is 23.7 Å². The fraction of sp³-hybridized carbons (Fsp3) is 0.714. The first-order valence-electron chi connectivity index (χ1n) is 7.10. The second-order valence-electron chi connectivity index (χ2n) is 5.09. The maximum absolute atomic E-state index is 11.3. The smallest absolute Gasteiger partial charge is 0.303 e. The lowest BCUT2D eigenvalue weighted by Crippen LogP contribution is -2.62. The van der Waals surface area contributed by atoms with Gasteiger partial charge in [0.2, 0.25) is 0 Å². The minimum atomic E-state index is -1.68. The van der Waals surface area contributed by atoms with Crippen molar-refractivity contribution < 1.29 is 48.0 Å². The maximum Gasteiger partial charge on any atom is 0.303 e. The Balaban J connectivity index is 3.11. The number of hydrogen-bond acceptors (Lipinski definition) is 10. The second-order valence-corrected chi connectivity index (χ2v) is 5.09. The molecule has 136 valence electrons. The van der Waals surface area contributed by atoms with Crippen molar-refractivity contribution >= 4 is 23.9 Å². The molecule has 0 aromatic carbocycles. The summed E-state index contributed by atoms with van der Waals surface area (Å²) in [6, 6.07) is 0. The first kappa shape index (κ1) is 19.8. The number of ether oxygens (including phenoxy) is 5. The molecular weight excluding hydrogens is 328 g/mol. The topological polar surface area (TPSA) is 135 Å². The number of carbonyl (C=O) groups excluding carboxylic acids is 4. The molecule has 1 N–H and O–H groups in total. The third-order valence-electron chi connectivity index (χ3n) is 2.97. The van der Waals surface area contributed by atoms with E-state index in [0.29, 0.717) is 0 Å². The molecule has 1 fully saturated rings. The molecule has 0 saturated carbocycles. The monoisotopic (exact) mass is 348 g/mol. The maximum atomic E-state index is 11.3. The Bertz CT molecular complexity index is 502. The van der Waals surface area contributed by atoms with Gasteiger partial charge in [-0.3, -0.25) is 19.2 Å². The summed E-state index contributed by atoms with van der Waals surface area (Å²) < 4.78 is 25.0. The van der Waals surface area contributed by atoms with Crippen molar-refractivity contribution in [2.45, 2.75) is 58.4 Å². The number of carbonyl (C=O) groups is 4. The summed E-state index contributed by atoms with van der Waals surface area (Å²) in [4.78, 5) is 44.9. The highest BCUT2D eigenvalue weighted by atomic mass is 16.7. The van der Waals surface area contributed by atoms with E-state index in [1.165, 1.54) is 0 Å².